The van der Waals surface area contributed by atoms with Crippen LogP contribution in [0.2, 0.25) is 0 Å². The third-order valence-electron chi connectivity index (χ3n) is 7.02. The van der Waals surface area contributed by atoms with Gasteiger partial charge in [0.15, 0.2) is 0 Å². The summed E-state index contributed by atoms with van der Waals surface area (Å²) in [5, 5.41) is 0. The summed E-state index contributed by atoms with van der Waals surface area (Å²) >= 11 is 0. The molecule has 4 heteroatoms. The quantitative estimate of drug-likeness (QED) is 0.740. The highest BCUT2D eigenvalue weighted by Gasteiger charge is 2.52. The fourth-order valence-corrected chi connectivity index (χ4v) is 5.61. The summed E-state index contributed by atoms with van der Waals surface area (Å²) < 4.78 is 0. The van der Waals surface area contributed by atoms with E-state index in [-0.39, 0.29) is 11.8 Å². The Morgan fingerprint density at radius 2 is 1.88 bits per heavy atom. The van der Waals surface area contributed by atoms with Crippen LogP contribution in [0.5, 0.6) is 0 Å². The number of carbonyl (C=O) groups is 2. The molecule has 0 N–H and O–H groups in total. The van der Waals surface area contributed by atoms with Crippen LogP contribution in [-0.2, 0) is 15.0 Å². The Bertz CT molecular complexity index is 776. The Labute approximate surface area is 148 Å². The van der Waals surface area contributed by atoms with Gasteiger partial charge in [-0.15, -0.1) is 0 Å². The van der Waals surface area contributed by atoms with Crippen LogP contribution in [-0.4, -0.2) is 36.9 Å². The molecule has 0 aromatic heterocycles. The van der Waals surface area contributed by atoms with Crippen molar-refractivity contribution in [1.29, 1.82) is 0 Å². The number of likely N-dealkylation sites (tertiary alicyclic amines) is 1. The molecule has 130 valence electrons. The molecular formula is C21H24N2O2. The molecule has 1 spiro atoms. The molecule has 3 atom stereocenters. The fraction of sp³-hybridized carbons (Fsp3) is 0.524. The van der Waals surface area contributed by atoms with E-state index in [9.17, 15) is 9.59 Å². The molecular weight excluding hydrogens is 312 g/mol. The Morgan fingerprint density at radius 1 is 1.12 bits per heavy atom. The molecule has 2 heterocycles. The van der Waals surface area contributed by atoms with Crippen molar-refractivity contribution < 1.29 is 9.59 Å². The largest absolute Gasteiger partial charge is 0.342 e. The maximum Gasteiger partial charge on any atom is 0.237 e. The molecule has 2 fully saturated rings. The average molecular weight is 336 g/mol. The predicted octanol–water partition coefficient (Wildman–Crippen LogP) is 2.74. The zero-order valence-corrected chi connectivity index (χ0v) is 14.6. The number of benzene rings is 1. The summed E-state index contributed by atoms with van der Waals surface area (Å²) in [4.78, 5) is 29.8. The lowest BCUT2D eigenvalue weighted by Gasteiger charge is -2.39. The lowest BCUT2D eigenvalue weighted by molar-refractivity contribution is -0.139. The number of carbonyl (C=O) groups excluding carboxylic acids is 2. The van der Waals surface area contributed by atoms with Crippen molar-refractivity contribution in [3.05, 3.63) is 42.0 Å². The van der Waals surface area contributed by atoms with Gasteiger partial charge in [0.2, 0.25) is 11.8 Å². The lowest BCUT2D eigenvalue weighted by atomic mass is 9.73. The van der Waals surface area contributed by atoms with Gasteiger partial charge < -0.3 is 9.80 Å². The van der Waals surface area contributed by atoms with Gasteiger partial charge in [0.1, 0.15) is 0 Å². The maximum absolute atomic E-state index is 13.0. The minimum Gasteiger partial charge on any atom is -0.342 e. The second kappa shape index (κ2) is 5.20. The van der Waals surface area contributed by atoms with E-state index in [0.717, 1.165) is 36.9 Å². The van der Waals surface area contributed by atoms with Crippen LogP contribution < -0.4 is 4.90 Å². The number of hydrogen-bond donors (Lipinski definition) is 0. The van der Waals surface area contributed by atoms with Gasteiger partial charge in [0.05, 0.1) is 5.41 Å². The Hall–Kier alpha value is -2.10. The molecule has 2 aliphatic heterocycles. The van der Waals surface area contributed by atoms with E-state index in [1.165, 1.54) is 0 Å². The van der Waals surface area contributed by atoms with Crippen LogP contribution in [0.25, 0.3) is 0 Å². The number of nitrogens with zero attached hydrogens (tertiary/aromatic N) is 2. The van der Waals surface area contributed by atoms with Crippen LogP contribution in [0.3, 0.4) is 0 Å². The van der Waals surface area contributed by atoms with Gasteiger partial charge in [0.25, 0.3) is 0 Å². The van der Waals surface area contributed by atoms with E-state index >= 15 is 0 Å². The first-order valence-corrected chi connectivity index (χ1v) is 9.45. The molecule has 5 rings (SSSR count). The highest BCUT2D eigenvalue weighted by Crippen LogP contribution is 2.48. The number of anilines is 1. The molecule has 1 aromatic rings. The van der Waals surface area contributed by atoms with Gasteiger partial charge >= 0.3 is 0 Å². The maximum atomic E-state index is 13.0. The number of fused-ring (bicyclic) bond motifs is 4. The highest BCUT2D eigenvalue weighted by molar-refractivity contribution is 6.08. The van der Waals surface area contributed by atoms with Crippen molar-refractivity contribution in [1.82, 2.24) is 4.90 Å². The van der Waals surface area contributed by atoms with E-state index in [1.807, 2.05) is 30.1 Å². The number of likely N-dealkylation sites (N-methyl/N-ethyl adjacent to an activating group) is 1. The predicted molar refractivity (Wildman–Crippen MR) is 96.2 cm³/mol. The molecule has 25 heavy (non-hydrogen) atoms. The highest BCUT2D eigenvalue weighted by atomic mass is 16.2. The Morgan fingerprint density at radius 3 is 2.56 bits per heavy atom. The summed E-state index contributed by atoms with van der Waals surface area (Å²) in [6, 6.07) is 8.13. The van der Waals surface area contributed by atoms with Gasteiger partial charge in [0, 0.05) is 31.7 Å². The van der Waals surface area contributed by atoms with Crippen LogP contribution in [0.4, 0.5) is 5.69 Å². The number of allylic oxidation sites excluding steroid dienone is 2. The van der Waals surface area contributed by atoms with Crippen LogP contribution in [0, 0.1) is 17.8 Å². The zero-order chi connectivity index (χ0) is 17.2. The Balaban J connectivity index is 1.36. The number of para-hydroxylation sites is 1. The summed E-state index contributed by atoms with van der Waals surface area (Å²) in [5.74, 6) is 1.76. The molecule has 1 saturated carbocycles. The van der Waals surface area contributed by atoms with Gasteiger partial charge in [-0.2, -0.15) is 0 Å². The van der Waals surface area contributed by atoms with Crippen LogP contribution in [0.1, 0.15) is 31.2 Å². The normalized spacial score (nSPS) is 31.9. The summed E-state index contributed by atoms with van der Waals surface area (Å²) in [7, 11) is 1.87. The minimum absolute atomic E-state index is 0.179. The standard InChI is InChI=1S/C21H24N2O2/c1-22-18-5-3-2-4-17(18)21(20(22)25)8-10-23(11-9-21)19(24)16-13-14-6-7-15(16)12-14/h2-7,14-16H,8-13H2,1H3/t14-,15+,16-/m1/s1. The molecule has 2 amide bonds. The topological polar surface area (TPSA) is 40.6 Å². The number of hydrogen-bond acceptors (Lipinski definition) is 2. The van der Waals surface area contributed by atoms with E-state index in [1.54, 1.807) is 4.90 Å². The van der Waals surface area contributed by atoms with Crippen molar-refractivity contribution in [2.45, 2.75) is 31.1 Å². The third-order valence-corrected chi connectivity index (χ3v) is 7.02. The smallest absolute Gasteiger partial charge is 0.237 e. The SMILES string of the molecule is CN1C(=O)C2(CCN(C(=O)[C@@H]3C[C@@H]4C=C[C@H]3C4)CC2)c2ccccc21. The second-order valence-electron chi connectivity index (χ2n) is 8.18. The number of piperidine rings is 1. The van der Waals surface area contributed by atoms with Gasteiger partial charge in [-0.25, -0.2) is 0 Å². The van der Waals surface area contributed by atoms with Crippen LogP contribution >= 0.6 is 0 Å². The number of amides is 2. The summed E-state index contributed by atoms with van der Waals surface area (Å²) in [6.45, 7) is 1.40. The van der Waals surface area contributed by atoms with Gasteiger partial charge in [-0.1, -0.05) is 30.4 Å². The summed E-state index contributed by atoms with van der Waals surface area (Å²) in [5.41, 5.74) is 1.76. The van der Waals surface area contributed by atoms with E-state index < -0.39 is 5.41 Å². The van der Waals surface area contributed by atoms with Gasteiger partial charge in [-0.05, 0) is 49.1 Å². The molecule has 1 saturated heterocycles. The van der Waals surface area contributed by atoms with Gasteiger partial charge in [-0.3, -0.25) is 9.59 Å². The monoisotopic (exact) mass is 336 g/mol. The van der Waals surface area contributed by atoms with Crippen molar-refractivity contribution in [2.24, 2.45) is 17.8 Å². The number of rotatable bonds is 1. The zero-order valence-electron chi connectivity index (χ0n) is 14.6. The summed E-state index contributed by atoms with van der Waals surface area (Å²) in [6.07, 6.45) is 8.19. The van der Waals surface area contributed by atoms with Crippen molar-refractivity contribution in [2.75, 3.05) is 25.0 Å². The fourth-order valence-electron chi connectivity index (χ4n) is 5.61. The van der Waals surface area contributed by atoms with Crippen molar-refractivity contribution in [3.8, 4) is 0 Å². The van der Waals surface area contributed by atoms with E-state index in [0.29, 0.717) is 30.8 Å². The molecule has 4 aliphatic rings. The van der Waals surface area contributed by atoms with Crippen molar-refractivity contribution >= 4 is 17.5 Å². The van der Waals surface area contributed by atoms with Crippen LogP contribution in [0.15, 0.2) is 36.4 Å². The van der Waals surface area contributed by atoms with E-state index in [2.05, 4.69) is 18.2 Å². The lowest BCUT2D eigenvalue weighted by Crippen LogP contribution is -2.51. The molecule has 0 unspecified atom stereocenters. The minimum atomic E-state index is -0.420. The van der Waals surface area contributed by atoms with E-state index in [4.69, 9.17) is 0 Å². The van der Waals surface area contributed by atoms with Crippen molar-refractivity contribution in [3.63, 3.8) is 0 Å². The first kappa shape index (κ1) is 15.2. The molecule has 2 bridgehead atoms. The second-order valence-corrected chi connectivity index (χ2v) is 8.18. The first-order valence-electron chi connectivity index (χ1n) is 9.45. The molecule has 2 aliphatic carbocycles. The average Bonchev–Trinajstić information content (AvgIpc) is 3.34. The molecule has 1 aromatic carbocycles. The first-order chi connectivity index (χ1) is 12.1. The molecule has 0 radical (unpaired) electrons. The molecule has 4 nitrogen and oxygen atoms in total. The Kier molecular flexibility index (Phi) is 3.16. The third kappa shape index (κ3) is 2.00.